The van der Waals surface area contributed by atoms with Crippen LogP contribution < -0.4 is 11.1 Å². The standard InChI is InChI=1S/C16H16N2O3/c17-8-9-18-14-7-6-12(16(20)21)10-13(14)15(19)11-4-2-1-3-5-11/h1-7,10,18H,8-9,17H2,(H,20,21). The third kappa shape index (κ3) is 3.46. The molecule has 2 rings (SSSR count). The number of ketones is 1. The van der Waals surface area contributed by atoms with Crippen LogP contribution in [0, 0.1) is 0 Å². The first-order valence-corrected chi connectivity index (χ1v) is 6.54. The molecule has 0 bridgehead atoms. The summed E-state index contributed by atoms with van der Waals surface area (Å²) in [6.45, 7) is 0.918. The van der Waals surface area contributed by atoms with E-state index in [2.05, 4.69) is 5.32 Å². The number of carboxylic acid groups (broad SMARTS) is 1. The lowest BCUT2D eigenvalue weighted by molar-refractivity contribution is 0.0697. The van der Waals surface area contributed by atoms with E-state index in [1.165, 1.54) is 12.1 Å². The average molecular weight is 284 g/mol. The van der Waals surface area contributed by atoms with Crippen LogP contribution in [-0.4, -0.2) is 29.9 Å². The average Bonchev–Trinajstić information content (AvgIpc) is 2.52. The van der Waals surface area contributed by atoms with Crippen LogP contribution in [0.15, 0.2) is 48.5 Å². The highest BCUT2D eigenvalue weighted by atomic mass is 16.4. The van der Waals surface area contributed by atoms with E-state index in [4.69, 9.17) is 10.8 Å². The number of benzene rings is 2. The molecule has 0 aliphatic carbocycles. The molecule has 0 radical (unpaired) electrons. The molecule has 4 N–H and O–H groups in total. The smallest absolute Gasteiger partial charge is 0.335 e. The first-order valence-electron chi connectivity index (χ1n) is 6.54. The first kappa shape index (κ1) is 14.7. The Labute approximate surface area is 122 Å². The Hall–Kier alpha value is -2.66. The van der Waals surface area contributed by atoms with Gasteiger partial charge in [0, 0.05) is 29.9 Å². The van der Waals surface area contributed by atoms with Gasteiger partial charge in [-0.05, 0) is 18.2 Å². The number of carbonyl (C=O) groups is 2. The van der Waals surface area contributed by atoms with Gasteiger partial charge >= 0.3 is 5.97 Å². The van der Waals surface area contributed by atoms with Crippen LogP contribution >= 0.6 is 0 Å². The van der Waals surface area contributed by atoms with Crippen molar-refractivity contribution < 1.29 is 14.7 Å². The van der Waals surface area contributed by atoms with Crippen LogP contribution in [0.5, 0.6) is 0 Å². The van der Waals surface area contributed by atoms with Gasteiger partial charge in [0.25, 0.3) is 0 Å². The second kappa shape index (κ2) is 6.67. The Balaban J connectivity index is 2.45. The van der Waals surface area contributed by atoms with E-state index < -0.39 is 5.97 Å². The summed E-state index contributed by atoms with van der Waals surface area (Å²) in [6, 6.07) is 13.2. The monoisotopic (exact) mass is 284 g/mol. The molecule has 0 aromatic heterocycles. The Morgan fingerprint density at radius 1 is 1.05 bits per heavy atom. The van der Waals surface area contributed by atoms with Gasteiger partial charge in [-0.3, -0.25) is 4.79 Å². The Bertz CT molecular complexity index is 654. The minimum absolute atomic E-state index is 0.0765. The summed E-state index contributed by atoms with van der Waals surface area (Å²) >= 11 is 0. The molecule has 0 unspecified atom stereocenters. The molecule has 0 heterocycles. The topological polar surface area (TPSA) is 92.4 Å². The summed E-state index contributed by atoms with van der Waals surface area (Å²) in [7, 11) is 0. The normalized spacial score (nSPS) is 10.1. The molecule has 108 valence electrons. The number of carboxylic acids is 1. The third-order valence-electron chi connectivity index (χ3n) is 3.01. The minimum Gasteiger partial charge on any atom is -0.478 e. The molecule has 0 fully saturated rings. The second-order valence-electron chi connectivity index (χ2n) is 4.48. The van der Waals surface area contributed by atoms with Crippen molar-refractivity contribution >= 4 is 17.4 Å². The molecular formula is C16H16N2O3. The van der Waals surface area contributed by atoms with E-state index in [0.717, 1.165) is 0 Å². The zero-order valence-electron chi connectivity index (χ0n) is 11.4. The van der Waals surface area contributed by atoms with Crippen molar-refractivity contribution in [1.29, 1.82) is 0 Å². The quantitative estimate of drug-likeness (QED) is 0.705. The number of carbonyl (C=O) groups excluding carboxylic acids is 1. The molecule has 0 saturated heterocycles. The number of nitrogens with two attached hydrogens (primary N) is 1. The van der Waals surface area contributed by atoms with Crippen molar-refractivity contribution in [2.24, 2.45) is 5.73 Å². The molecule has 0 amide bonds. The summed E-state index contributed by atoms with van der Waals surface area (Å²) in [4.78, 5) is 23.6. The summed E-state index contributed by atoms with van der Waals surface area (Å²) in [5.41, 5.74) is 6.95. The van der Waals surface area contributed by atoms with Crippen LogP contribution in [0.1, 0.15) is 26.3 Å². The van der Waals surface area contributed by atoms with Crippen molar-refractivity contribution in [2.45, 2.75) is 0 Å². The summed E-state index contributed by atoms with van der Waals surface area (Å²) in [6.07, 6.45) is 0. The van der Waals surface area contributed by atoms with Crippen LogP contribution in [0.25, 0.3) is 0 Å². The van der Waals surface area contributed by atoms with E-state index in [0.29, 0.717) is 29.9 Å². The lowest BCUT2D eigenvalue weighted by Crippen LogP contribution is -2.16. The summed E-state index contributed by atoms with van der Waals surface area (Å²) < 4.78 is 0. The lowest BCUT2D eigenvalue weighted by Gasteiger charge is -2.11. The molecule has 0 saturated carbocycles. The van der Waals surface area contributed by atoms with E-state index in [-0.39, 0.29) is 11.3 Å². The van der Waals surface area contributed by atoms with Crippen LogP contribution in [-0.2, 0) is 0 Å². The fraction of sp³-hybridized carbons (Fsp3) is 0.125. The highest BCUT2D eigenvalue weighted by molar-refractivity contribution is 6.13. The van der Waals surface area contributed by atoms with Gasteiger partial charge in [0.2, 0.25) is 0 Å². The van der Waals surface area contributed by atoms with Crippen molar-refractivity contribution in [1.82, 2.24) is 0 Å². The zero-order valence-corrected chi connectivity index (χ0v) is 11.4. The van der Waals surface area contributed by atoms with Crippen molar-refractivity contribution in [3.63, 3.8) is 0 Å². The van der Waals surface area contributed by atoms with Crippen molar-refractivity contribution in [3.8, 4) is 0 Å². The van der Waals surface area contributed by atoms with E-state index in [9.17, 15) is 9.59 Å². The SMILES string of the molecule is NCCNc1ccc(C(=O)O)cc1C(=O)c1ccccc1. The molecule has 0 atom stereocenters. The van der Waals surface area contributed by atoms with Gasteiger partial charge in [-0.2, -0.15) is 0 Å². The number of anilines is 1. The molecule has 0 aliphatic heterocycles. The van der Waals surface area contributed by atoms with E-state index in [1.54, 1.807) is 30.3 Å². The maximum absolute atomic E-state index is 12.5. The molecular weight excluding hydrogens is 268 g/mol. The summed E-state index contributed by atoms with van der Waals surface area (Å²) in [5.74, 6) is -1.29. The van der Waals surface area contributed by atoms with Gasteiger partial charge in [0.05, 0.1) is 5.56 Å². The van der Waals surface area contributed by atoms with Gasteiger partial charge in [-0.25, -0.2) is 4.79 Å². The Morgan fingerprint density at radius 3 is 2.38 bits per heavy atom. The van der Waals surface area contributed by atoms with Gasteiger partial charge in [-0.1, -0.05) is 30.3 Å². The van der Waals surface area contributed by atoms with Gasteiger partial charge in [0.1, 0.15) is 0 Å². The first-order chi connectivity index (χ1) is 10.1. The number of hydrogen-bond donors (Lipinski definition) is 3. The second-order valence-corrected chi connectivity index (χ2v) is 4.48. The molecule has 5 heteroatoms. The predicted octanol–water partition coefficient (Wildman–Crippen LogP) is 1.99. The highest BCUT2D eigenvalue weighted by Crippen LogP contribution is 2.21. The van der Waals surface area contributed by atoms with Gasteiger partial charge in [-0.15, -0.1) is 0 Å². The molecule has 2 aromatic rings. The van der Waals surface area contributed by atoms with Crippen molar-refractivity contribution in [2.75, 3.05) is 18.4 Å². The number of hydrogen-bond acceptors (Lipinski definition) is 4. The molecule has 5 nitrogen and oxygen atoms in total. The maximum Gasteiger partial charge on any atom is 0.335 e. The fourth-order valence-corrected chi connectivity index (χ4v) is 1.97. The van der Waals surface area contributed by atoms with E-state index >= 15 is 0 Å². The Kier molecular flexibility index (Phi) is 4.68. The maximum atomic E-state index is 12.5. The molecule has 21 heavy (non-hydrogen) atoms. The number of aromatic carboxylic acids is 1. The van der Waals surface area contributed by atoms with Gasteiger partial charge < -0.3 is 16.2 Å². The number of rotatable bonds is 6. The lowest BCUT2D eigenvalue weighted by atomic mass is 9.99. The predicted molar refractivity (Wildman–Crippen MR) is 80.8 cm³/mol. The zero-order chi connectivity index (χ0) is 15.2. The summed E-state index contributed by atoms with van der Waals surface area (Å²) in [5, 5.41) is 12.1. The molecule has 0 spiro atoms. The van der Waals surface area contributed by atoms with Gasteiger partial charge in [0.15, 0.2) is 5.78 Å². The van der Waals surface area contributed by atoms with Crippen molar-refractivity contribution in [3.05, 3.63) is 65.2 Å². The third-order valence-corrected chi connectivity index (χ3v) is 3.01. The molecule has 0 aliphatic rings. The Morgan fingerprint density at radius 2 is 1.76 bits per heavy atom. The fourth-order valence-electron chi connectivity index (χ4n) is 1.97. The van der Waals surface area contributed by atoms with Crippen LogP contribution in [0.2, 0.25) is 0 Å². The largest absolute Gasteiger partial charge is 0.478 e. The van der Waals surface area contributed by atoms with E-state index in [1.807, 2.05) is 6.07 Å². The van der Waals surface area contributed by atoms with Crippen LogP contribution in [0.4, 0.5) is 5.69 Å². The van der Waals surface area contributed by atoms with Crippen LogP contribution in [0.3, 0.4) is 0 Å². The molecule has 2 aromatic carbocycles. The minimum atomic E-state index is -1.07. The highest BCUT2D eigenvalue weighted by Gasteiger charge is 2.16. The number of nitrogens with one attached hydrogen (secondary N) is 1.